The van der Waals surface area contributed by atoms with Crippen molar-refractivity contribution in [1.29, 1.82) is 0 Å². The van der Waals surface area contributed by atoms with E-state index in [2.05, 4.69) is 37.6 Å². The van der Waals surface area contributed by atoms with Crippen molar-refractivity contribution in [3.63, 3.8) is 0 Å². The van der Waals surface area contributed by atoms with Crippen LogP contribution >= 0.6 is 0 Å². The number of anilines is 2. The van der Waals surface area contributed by atoms with Crippen molar-refractivity contribution >= 4 is 17.7 Å². The molecule has 0 saturated heterocycles. The van der Waals surface area contributed by atoms with Gasteiger partial charge in [0.25, 0.3) is 5.91 Å². The summed E-state index contributed by atoms with van der Waals surface area (Å²) in [7, 11) is 0. The monoisotopic (exact) mass is 382 g/mol. The Kier molecular flexibility index (Phi) is 5.20. The highest BCUT2D eigenvalue weighted by molar-refractivity contribution is 6.04. The molecule has 0 aliphatic rings. The predicted molar refractivity (Wildman–Crippen MR) is 111 cm³/mol. The number of hydrogen-bond donors (Lipinski definition) is 2. The summed E-state index contributed by atoms with van der Waals surface area (Å²) in [4.78, 5) is 21.1. The minimum Gasteiger partial charge on any atom is -0.366 e. The Bertz CT molecular complexity index is 1150. The van der Waals surface area contributed by atoms with Gasteiger partial charge in [0.05, 0.1) is 11.9 Å². The fourth-order valence-electron chi connectivity index (χ4n) is 2.95. The van der Waals surface area contributed by atoms with Gasteiger partial charge < -0.3 is 11.1 Å². The standard InChI is InChI=1S/C22H18N6O/c23-22-26-19(14-25-28-22)17-7-4-8-18(13-17)21(29)27-20-12-16(9-10-24-20)11-15-5-2-1-3-6-15/h1-10,12-14H,11H2,(H2,23,26,28)(H,24,27,29). The highest BCUT2D eigenvalue weighted by Gasteiger charge is 2.10. The summed E-state index contributed by atoms with van der Waals surface area (Å²) in [5.74, 6) is 0.324. The van der Waals surface area contributed by atoms with E-state index in [1.54, 1.807) is 24.4 Å². The maximum atomic E-state index is 12.7. The third kappa shape index (κ3) is 4.59. The summed E-state index contributed by atoms with van der Waals surface area (Å²) in [6.07, 6.45) is 3.96. The lowest BCUT2D eigenvalue weighted by molar-refractivity contribution is 0.102. The Morgan fingerprint density at radius 2 is 1.83 bits per heavy atom. The van der Waals surface area contributed by atoms with Crippen LogP contribution in [0, 0.1) is 0 Å². The van der Waals surface area contributed by atoms with Crippen LogP contribution in [0.1, 0.15) is 21.5 Å². The van der Waals surface area contributed by atoms with Crippen LogP contribution in [0.5, 0.6) is 0 Å². The number of rotatable bonds is 5. The van der Waals surface area contributed by atoms with Crippen molar-refractivity contribution in [2.45, 2.75) is 6.42 Å². The summed E-state index contributed by atoms with van der Waals surface area (Å²) >= 11 is 0. The summed E-state index contributed by atoms with van der Waals surface area (Å²) in [6.45, 7) is 0. The molecule has 0 fully saturated rings. The normalized spacial score (nSPS) is 10.5. The number of amides is 1. The van der Waals surface area contributed by atoms with E-state index in [0.29, 0.717) is 17.1 Å². The average molecular weight is 382 g/mol. The molecular weight excluding hydrogens is 364 g/mol. The van der Waals surface area contributed by atoms with Crippen LogP contribution in [-0.2, 0) is 6.42 Å². The van der Waals surface area contributed by atoms with E-state index >= 15 is 0 Å². The van der Waals surface area contributed by atoms with Gasteiger partial charge in [-0.3, -0.25) is 4.79 Å². The third-order valence-corrected chi connectivity index (χ3v) is 4.31. The summed E-state index contributed by atoms with van der Waals surface area (Å²) in [5.41, 5.74) is 9.62. The molecule has 0 saturated carbocycles. The summed E-state index contributed by atoms with van der Waals surface area (Å²) in [5, 5.41) is 10.3. The lowest BCUT2D eigenvalue weighted by Gasteiger charge is -2.08. The van der Waals surface area contributed by atoms with Crippen LogP contribution in [-0.4, -0.2) is 26.1 Å². The number of hydrogen-bond acceptors (Lipinski definition) is 6. The van der Waals surface area contributed by atoms with Gasteiger partial charge in [-0.05, 0) is 41.8 Å². The number of benzene rings is 2. The largest absolute Gasteiger partial charge is 0.366 e. The van der Waals surface area contributed by atoms with Gasteiger partial charge in [-0.15, -0.1) is 5.10 Å². The van der Waals surface area contributed by atoms with Gasteiger partial charge in [0.2, 0.25) is 5.95 Å². The van der Waals surface area contributed by atoms with Gasteiger partial charge in [-0.2, -0.15) is 5.10 Å². The molecule has 2 aromatic heterocycles. The zero-order valence-electron chi connectivity index (χ0n) is 15.5. The van der Waals surface area contributed by atoms with E-state index in [9.17, 15) is 4.79 Å². The second-order valence-electron chi connectivity index (χ2n) is 6.45. The van der Waals surface area contributed by atoms with E-state index < -0.39 is 0 Å². The fraction of sp³-hybridized carbons (Fsp3) is 0.0455. The van der Waals surface area contributed by atoms with Gasteiger partial charge in [0, 0.05) is 17.3 Å². The lowest BCUT2D eigenvalue weighted by Crippen LogP contribution is -2.13. The molecule has 2 aromatic carbocycles. The molecule has 29 heavy (non-hydrogen) atoms. The topological polar surface area (TPSA) is 107 Å². The predicted octanol–water partition coefficient (Wildman–Crippen LogP) is 3.36. The molecule has 0 spiro atoms. The second-order valence-corrected chi connectivity index (χ2v) is 6.45. The van der Waals surface area contributed by atoms with Gasteiger partial charge in [0.1, 0.15) is 5.82 Å². The number of carbonyl (C=O) groups is 1. The first-order valence-corrected chi connectivity index (χ1v) is 9.03. The van der Waals surface area contributed by atoms with Gasteiger partial charge in [0.15, 0.2) is 0 Å². The molecule has 142 valence electrons. The average Bonchev–Trinajstić information content (AvgIpc) is 2.75. The Morgan fingerprint density at radius 3 is 2.66 bits per heavy atom. The Morgan fingerprint density at radius 1 is 0.966 bits per heavy atom. The number of nitrogens with zero attached hydrogens (tertiary/aromatic N) is 4. The molecular formula is C22H18N6O. The quantitative estimate of drug-likeness (QED) is 0.548. The van der Waals surface area contributed by atoms with E-state index in [1.807, 2.05) is 36.4 Å². The van der Waals surface area contributed by atoms with Crippen LogP contribution in [0.2, 0.25) is 0 Å². The van der Waals surface area contributed by atoms with Crippen molar-refractivity contribution in [3.8, 4) is 11.3 Å². The number of nitrogens with two attached hydrogens (primary N) is 1. The Labute approximate surface area is 167 Å². The fourth-order valence-corrected chi connectivity index (χ4v) is 2.95. The molecule has 0 bridgehead atoms. The molecule has 0 unspecified atom stereocenters. The van der Waals surface area contributed by atoms with E-state index in [-0.39, 0.29) is 11.9 Å². The molecule has 0 radical (unpaired) electrons. The number of nitrogen functional groups attached to an aromatic ring is 1. The van der Waals surface area contributed by atoms with Crippen molar-refractivity contribution < 1.29 is 4.79 Å². The van der Waals surface area contributed by atoms with Crippen LogP contribution < -0.4 is 11.1 Å². The first kappa shape index (κ1) is 18.2. The molecule has 0 aliphatic carbocycles. The number of pyridine rings is 1. The van der Waals surface area contributed by atoms with Gasteiger partial charge in [-0.25, -0.2) is 9.97 Å². The smallest absolute Gasteiger partial charge is 0.256 e. The summed E-state index contributed by atoms with van der Waals surface area (Å²) < 4.78 is 0. The van der Waals surface area contributed by atoms with Crippen LogP contribution in [0.25, 0.3) is 11.3 Å². The first-order valence-electron chi connectivity index (χ1n) is 9.03. The number of aromatic nitrogens is 4. The molecule has 4 aromatic rings. The minimum absolute atomic E-state index is 0.0804. The molecule has 0 atom stereocenters. The first-order chi connectivity index (χ1) is 14.2. The van der Waals surface area contributed by atoms with E-state index in [1.165, 1.54) is 11.8 Å². The van der Waals surface area contributed by atoms with Crippen LogP contribution in [0.3, 0.4) is 0 Å². The second kappa shape index (κ2) is 8.26. The lowest BCUT2D eigenvalue weighted by atomic mass is 10.1. The number of carbonyl (C=O) groups excluding carboxylic acids is 1. The van der Waals surface area contributed by atoms with E-state index in [4.69, 9.17) is 5.73 Å². The third-order valence-electron chi connectivity index (χ3n) is 4.31. The van der Waals surface area contributed by atoms with Gasteiger partial charge >= 0.3 is 0 Å². The van der Waals surface area contributed by atoms with Gasteiger partial charge in [-0.1, -0.05) is 42.5 Å². The molecule has 7 nitrogen and oxygen atoms in total. The van der Waals surface area contributed by atoms with Crippen molar-refractivity contribution in [1.82, 2.24) is 20.2 Å². The Hall–Kier alpha value is -4.13. The molecule has 2 heterocycles. The maximum Gasteiger partial charge on any atom is 0.256 e. The molecule has 0 aliphatic heterocycles. The molecule has 3 N–H and O–H groups in total. The van der Waals surface area contributed by atoms with Crippen LogP contribution in [0.15, 0.2) is 79.1 Å². The highest BCUT2D eigenvalue weighted by atomic mass is 16.1. The Balaban J connectivity index is 1.51. The molecule has 7 heteroatoms. The zero-order valence-corrected chi connectivity index (χ0v) is 15.5. The van der Waals surface area contributed by atoms with Crippen molar-refractivity contribution in [2.24, 2.45) is 0 Å². The zero-order chi connectivity index (χ0) is 20.1. The van der Waals surface area contributed by atoms with Crippen LogP contribution in [0.4, 0.5) is 11.8 Å². The number of nitrogens with one attached hydrogen (secondary N) is 1. The SMILES string of the molecule is Nc1nncc(-c2cccc(C(=O)Nc3cc(Cc4ccccc4)ccn3)c2)n1. The molecule has 1 amide bonds. The van der Waals surface area contributed by atoms with Crippen molar-refractivity contribution in [2.75, 3.05) is 11.1 Å². The summed E-state index contributed by atoms with van der Waals surface area (Å²) in [6, 6.07) is 21.0. The van der Waals surface area contributed by atoms with E-state index in [0.717, 1.165) is 17.5 Å². The highest BCUT2D eigenvalue weighted by Crippen LogP contribution is 2.19. The minimum atomic E-state index is -0.258. The maximum absolute atomic E-state index is 12.7. The molecule has 4 rings (SSSR count). The van der Waals surface area contributed by atoms with Crippen molar-refractivity contribution in [3.05, 3.63) is 95.8 Å².